The van der Waals surface area contributed by atoms with E-state index in [0.29, 0.717) is 18.9 Å². The number of carbonyl (C=O) groups excluding carboxylic acids is 1. The normalized spacial score (nSPS) is 23.3. The van der Waals surface area contributed by atoms with Gasteiger partial charge in [0.05, 0.1) is 0 Å². The van der Waals surface area contributed by atoms with E-state index in [9.17, 15) is 4.79 Å². The van der Waals surface area contributed by atoms with Crippen LogP contribution in [0.25, 0.3) is 0 Å². The minimum Gasteiger partial charge on any atom is -0.338 e. The van der Waals surface area contributed by atoms with Gasteiger partial charge in [0, 0.05) is 31.6 Å². The summed E-state index contributed by atoms with van der Waals surface area (Å²) in [5, 5.41) is 0. The molecule has 21 heavy (non-hydrogen) atoms. The van der Waals surface area contributed by atoms with Gasteiger partial charge in [-0.25, -0.2) is 0 Å². The molecular weight excluding hydrogens is 286 g/mol. The van der Waals surface area contributed by atoms with Gasteiger partial charge in [0.25, 0.3) is 0 Å². The molecule has 4 N–H and O–H groups in total. The number of nitrogens with two attached hydrogens (primary N) is 2. The van der Waals surface area contributed by atoms with E-state index in [2.05, 4.69) is 6.92 Å². The van der Waals surface area contributed by atoms with Crippen molar-refractivity contribution in [2.24, 2.45) is 17.4 Å². The van der Waals surface area contributed by atoms with Gasteiger partial charge in [-0.2, -0.15) is 0 Å². The molecule has 0 aliphatic carbocycles. The molecule has 0 aromatic heterocycles. The second-order valence-electron chi connectivity index (χ2n) is 5.73. The standard InChI is InChI=1S/C16H25N3O.ClH/c1-12-6-5-9-19(15(12)11-17)16(20)10-14(18)13-7-3-2-4-8-13;/h2-4,7-8,12,14-15H,5-6,9-11,17-18H2,1H3;1H. The number of hydrogen-bond donors (Lipinski definition) is 2. The first-order valence-corrected chi connectivity index (χ1v) is 7.43. The molecule has 2 rings (SSSR count). The lowest BCUT2D eigenvalue weighted by Crippen LogP contribution is -2.51. The van der Waals surface area contributed by atoms with E-state index in [4.69, 9.17) is 11.5 Å². The molecule has 0 radical (unpaired) electrons. The first-order chi connectivity index (χ1) is 9.63. The maximum atomic E-state index is 12.5. The van der Waals surface area contributed by atoms with E-state index in [1.165, 1.54) is 0 Å². The number of benzene rings is 1. The zero-order valence-corrected chi connectivity index (χ0v) is 13.4. The van der Waals surface area contributed by atoms with Gasteiger partial charge in [0.15, 0.2) is 0 Å². The van der Waals surface area contributed by atoms with Crippen molar-refractivity contribution >= 4 is 18.3 Å². The highest BCUT2D eigenvalue weighted by molar-refractivity contribution is 5.85. The minimum atomic E-state index is -0.237. The van der Waals surface area contributed by atoms with E-state index in [1.807, 2.05) is 35.2 Å². The largest absolute Gasteiger partial charge is 0.338 e. The molecule has 0 bridgehead atoms. The molecule has 1 aromatic carbocycles. The van der Waals surface area contributed by atoms with Crippen molar-refractivity contribution in [3.05, 3.63) is 35.9 Å². The maximum absolute atomic E-state index is 12.5. The van der Waals surface area contributed by atoms with Crippen LogP contribution < -0.4 is 11.5 Å². The van der Waals surface area contributed by atoms with Crippen molar-refractivity contribution < 1.29 is 4.79 Å². The van der Waals surface area contributed by atoms with E-state index < -0.39 is 0 Å². The molecule has 1 aliphatic rings. The number of likely N-dealkylation sites (tertiary alicyclic amines) is 1. The average molecular weight is 312 g/mol. The second kappa shape index (κ2) is 8.37. The number of rotatable bonds is 4. The van der Waals surface area contributed by atoms with Crippen LogP contribution in [0.2, 0.25) is 0 Å². The third-order valence-electron chi connectivity index (χ3n) is 4.30. The fraction of sp³-hybridized carbons (Fsp3) is 0.562. The highest BCUT2D eigenvalue weighted by atomic mass is 35.5. The summed E-state index contributed by atoms with van der Waals surface area (Å²) >= 11 is 0. The van der Waals surface area contributed by atoms with Crippen molar-refractivity contribution in [1.82, 2.24) is 4.90 Å². The summed E-state index contributed by atoms with van der Waals surface area (Å²) in [5.41, 5.74) is 13.0. The molecule has 1 fully saturated rings. The van der Waals surface area contributed by atoms with Crippen LogP contribution in [0.1, 0.15) is 37.8 Å². The van der Waals surface area contributed by atoms with Gasteiger partial charge in [-0.15, -0.1) is 12.4 Å². The third-order valence-corrected chi connectivity index (χ3v) is 4.30. The Bertz CT molecular complexity index is 440. The summed E-state index contributed by atoms with van der Waals surface area (Å²) in [5.74, 6) is 0.606. The summed E-state index contributed by atoms with van der Waals surface area (Å²) in [7, 11) is 0. The number of hydrogen-bond acceptors (Lipinski definition) is 3. The monoisotopic (exact) mass is 311 g/mol. The van der Waals surface area contributed by atoms with Gasteiger partial charge in [-0.3, -0.25) is 4.79 Å². The van der Waals surface area contributed by atoms with E-state index >= 15 is 0 Å². The molecule has 1 saturated heterocycles. The number of halogens is 1. The predicted molar refractivity (Wildman–Crippen MR) is 88.2 cm³/mol. The Kier molecular flexibility index (Phi) is 7.15. The number of carbonyl (C=O) groups is 1. The van der Waals surface area contributed by atoms with Gasteiger partial charge in [0.2, 0.25) is 5.91 Å². The Balaban J connectivity index is 0.00000220. The topological polar surface area (TPSA) is 72.3 Å². The minimum absolute atomic E-state index is 0. The third kappa shape index (κ3) is 4.43. The Morgan fingerprint density at radius 2 is 2.05 bits per heavy atom. The van der Waals surface area contributed by atoms with Gasteiger partial charge in [0.1, 0.15) is 0 Å². The average Bonchev–Trinajstić information content (AvgIpc) is 2.47. The van der Waals surface area contributed by atoms with Crippen LogP contribution >= 0.6 is 12.4 Å². The van der Waals surface area contributed by atoms with Crippen molar-refractivity contribution in [3.63, 3.8) is 0 Å². The van der Waals surface area contributed by atoms with Crippen LogP contribution in [0.4, 0.5) is 0 Å². The lowest BCUT2D eigenvalue weighted by atomic mass is 9.90. The van der Waals surface area contributed by atoms with Gasteiger partial charge in [-0.05, 0) is 24.3 Å². The second-order valence-corrected chi connectivity index (χ2v) is 5.73. The molecule has 0 saturated carbocycles. The van der Waals surface area contributed by atoms with Crippen molar-refractivity contribution in [1.29, 1.82) is 0 Å². The fourth-order valence-corrected chi connectivity index (χ4v) is 3.04. The molecular formula is C16H26ClN3O. The molecule has 1 aromatic rings. The zero-order chi connectivity index (χ0) is 14.5. The molecule has 4 nitrogen and oxygen atoms in total. The quantitative estimate of drug-likeness (QED) is 0.894. The van der Waals surface area contributed by atoms with Crippen LogP contribution in [0, 0.1) is 5.92 Å². The lowest BCUT2D eigenvalue weighted by Gasteiger charge is -2.40. The number of amides is 1. The first kappa shape index (κ1) is 18.0. The van der Waals surface area contributed by atoms with Crippen molar-refractivity contribution in [2.75, 3.05) is 13.1 Å². The van der Waals surface area contributed by atoms with Gasteiger partial charge in [-0.1, -0.05) is 37.3 Å². The number of piperidine rings is 1. The number of nitrogens with zero attached hydrogens (tertiary/aromatic N) is 1. The Hall–Kier alpha value is -1.10. The van der Waals surface area contributed by atoms with Crippen LogP contribution in [-0.2, 0) is 4.79 Å². The molecule has 0 spiro atoms. The maximum Gasteiger partial charge on any atom is 0.224 e. The fourth-order valence-electron chi connectivity index (χ4n) is 3.04. The summed E-state index contributed by atoms with van der Waals surface area (Å²) < 4.78 is 0. The van der Waals surface area contributed by atoms with Crippen LogP contribution in [0.5, 0.6) is 0 Å². The summed E-state index contributed by atoms with van der Waals surface area (Å²) in [6.45, 7) is 3.52. The van der Waals surface area contributed by atoms with Crippen LogP contribution in [0.15, 0.2) is 30.3 Å². The summed E-state index contributed by atoms with van der Waals surface area (Å²) in [4.78, 5) is 14.4. The Labute approximate surface area is 133 Å². The highest BCUT2D eigenvalue weighted by Gasteiger charge is 2.31. The molecule has 3 atom stereocenters. The van der Waals surface area contributed by atoms with E-state index in [0.717, 1.165) is 24.9 Å². The van der Waals surface area contributed by atoms with E-state index in [1.54, 1.807) is 0 Å². The van der Waals surface area contributed by atoms with Crippen LogP contribution in [0.3, 0.4) is 0 Å². The summed E-state index contributed by atoms with van der Waals surface area (Å²) in [6, 6.07) is 9.72. The Morgan fingerprint density at radius 3 is 2.67 bits per heavy atom. The first-order valence-electron chi connectivity index (χ1n) is 7.43. The molecule has 1 heterocycles. The molecule has 1 amide bonds. The van der Waals surface area contributed by atoms with E-state index in [-0.39, 0.29) is 30.4 Å². The Morgan fingerprint density at radius 1 is 1.38 bits per heavy atom. The molecule has 3 unspecified atom stereocenters. The SMILES string of the molecule is CC1CCCN(C(=O)CC(N)c2ccccc2)C1CN.Cl. The summed E-state index contributed by atoms with van der Waals surface area (Å²) in [6.07, 6.45) is 2.56. The predicted octanol–water partition coefficient (Wildman–Crippen LogP) is 2.08. The lowest BCUT2D eigenvalue weighted by molar-refractivity contribution is -0.136. The molecule has 118 valence electrons. The van der Waals surface area contributed by atoms with Crippen LogP contribution in [-0.4, -0.2) is 29.9 Å². The zero-order valence-electron chi connectivity index (χ0n) is 12.6. The molecule has 5 heteroatoms. The molecule has 1 aliphatic heterocycles. The van der Waals surface area contributed by atoms with Crippen molar-refractivity contribution in [3.8, 4) is 0 Å². The van der Waals surface area contributed by atoms with Crippen molar-refractivity contribution in [2.45, 2.75) is 38.3 Å². The highest BCUT2D eigenvalue weighted by Crippen LogP contribution is 2.24. The smallest absolute Gasteiger partial charge is 0.224 e. The van der Waals surface area contributed by atoms with Gasteiger partial charge < -0.3 is 16.4 Å². The van der Waals surface area contributed by atoms with Gasteiger partial charge >= 0.3 is 0 Å².